The Balaban J connectivity index is 4.12. The fourth-order valence-electron chi connectivity index (χ4n) is 1.13. The van der Waals surface area contributed by atoms with E-state index in [4.69, 9.17) is 10.4 Å². The van der Waals surface area contributed by atoms with E-state index in [1.54, 1.807) is 0 Å². The Labute approximate surface area is 89.1 Å². The van der Waals surface area contributed by atoms with Crippen molar-refractivity contribution in [3.8, 4) is 6.07 Å². The number of rotatable bonds is 6. The molecule has 0 unspecified atom stereocenters. The number of hydrogen-bond acceptors (Lipinski definition) is 3. The maximum absolute atomic E-state index is 11.2. The molecule has 1 atom stereocenters. The van der Waals surface area contributed by atoms with Gasteiger partial charge in [0.1, 0.15) is 6.04 Å². The van der Waals surface area contributed by atoms with Gasteiger partial charge in [-0.25, -0.2) is 4.79 Å². The number of carbonyl (C=O) groups is 2. The van der Waals surface area contributed by atoms with Gasteiger partial charge in [0, 0.05) is 12.8 Å². The molecule has 84 valence electrons. The molecule has 0 saturated heterocycles. The quantitative estimate of drug-likeness (QED) is 0.684. The van der Waals surface area contributed by atoms with Crippen molar-refractivity contribution in [2.24, 2.45) is 5.92 Å². The monoisotopic (exact) mass is 212 g/mol. The summed E-state index contributed by atoms with van der Waals surface area (Å²) in [5.41, 5.74) is 0. The number of hydrogen-bond donors (Lipinski definition) is 2. The lowest BCUT2D eigenvalue weighted by Crippen LogP contribution is -2.41. The minimum absolute atomic E-state index is 0.0539. The van der Waals surface area contributed by atoms with Crippen molar-refractivity contribution < 1.29 is 14.7 Å². The summed E-state index contributed by atoms with van der Waals surface area (Å²) in [6, 6.07) is 0.983. The molecule has 0 saturated carbocycles. The SMILES string of the molecule is CC(C)C[C@H](NC(=O)CCC#N)C(=O)O. The van der Waals surface area contributed by atoms with Gasteiger partial charge in [-0.05, 0) is 12.3 Å². The highest BCUT2D eigenvalue weighted by molar-refractivity contribution is 5.83. The molecule has 5 nitrogen and oxygen atoms in total. The predicted molar refractivity (Wildman–Crippen MR) is 53.9 cm³/mol. The zero-order valence-electron chi connectivity index (χ0n) is 8.99. The van der Waals surface area contributed by atoms with Gasteiger partial charge in [-0.3, -0.25) is 4.79 Å². The van der Waals surface area contributed by atoms with E-state index in [-0.39, 0.29) is 24.7 Å². The summed E-state index contributed by atoms with van der Waals surface area (Å²) in [6.45, 7) is 3.77. The van der Waals surface area contributed by atoms with E-state index >= 15 is 0 Å². The van der Waals surface area contributed by atoms with E-state index in [0.29, 0.717) is 6.42 Å². The molecule has 1 amide bonds. The molecule has 0 aromatic heterocycles. The van der Waals surface area contributed by atoms with Gasteiger partial charge in [0.15, 0.2) is 0 Å². The summed E-state index contributed by atoms with van der Waals surface area (Å²) in [5, 5.41) is 19.5. The molecule has 0 radical (unpaired) electrons. The first kappa shape index (κ1) is 13.4. The van der Waals surface area contributed by atoms with Crippen LogP contribution in [0, 0.1) is 17.2 Å². The number of nitriles is 1. The van der Waals surface area contributed by atoms with Crippen molar-refractivity contribution in [2.45, 2.75) is 39.2 Å². The van der Waals surface area contributed by atoms with Gasteiger partial charge in [-0.15, -0.1) is 0 Å². The minimum atomic E-state index is -1.03. The maximum Gasteiger partial charge on any atom is 0.326 e. The highest BCUT2D eigenvalue weighted by atomic mass is 16.4. The second-order valence-corrected chi connectivity index (χ2v) is 3.75. The number of aliphatic carboxylic acids is 1. The second-order valence-electron chi connectivity index (χ2n) is 3.75. The molecule has 0 aromatic carbocycles. The van der Waals surface area contributed by atoms with Crippen LogP contribution < -0.4 is 5.32 Å². The van der Waals surface area contributed by atoms with Gasteiger partial charge in [0.05, 0.1) is 6.07 Å². The fraction of sp³-hybridized carbons (Fsp3) is 0.700. The predicted octanol–water partition coefficient (Wildman–Crippen LogP) is 0.906. The van der Waals surface area contributed by atoms with E-state index in [2.05, 4.69) is 5.32 Å². The van der Waals surface area contributed by atoms with Crippen LogP contribution in [0.2, 0.25) is 0 Å². The third-order valence-corrected chi connectivity index (χ3v) is 1.80. The van der Waals surface area contributed by atoms with E-state index < -0.39 is 12.0 Å². The number of nitrogens with one attached hydrogen (secondary N) is 1. The molecule has 0 aromatic rings. The highest BCUT2D eigenvalue weighted by Crippen LogP contribution is 2.05. The molecule has 0 aliphatic heterocycles. The number of carboxylic acids is 1. The van der Waals surface area contributed by atoms with Crippen LogP contribution in [0.25, 0.3) is 0 Å². The van der Waals surface area contributed by atoms with Crippen LogP contribution in [0.3, 0.4) is 0 Å². The molecule has 0 spiro atoms. The Morgan fingerprint density at radius 2 is 2.07 bits per heavy atom. The maximum atomic E-state index is 11.2. The topological polar surface area (TPSA) is 90.2 Å². The number of carboxylic acid groups (broad SMARTS) is 1. The third-order valence-electron chi connectivity index (χ3n) is 1.80. The van der Waals surface area contributed by atoms with Gasteiger partial charge in [-0.1, -0.05) is 13.8 Å². The minimum Gasteiger partial charge on any atom is -0.480 e. The van der Waals surface area contributed by atoms with Gasteiger partial charge in [0.25, 0.3) is 0 Å². The lowest BCUT2D eigenvalue weighted by Gasteiger charge is -2.15. The van der Waals surface area contributed by atoms with Crippen molar-refractivity contribution in [1.29, 1.82) is 5.26 Å². The highest BCUT2D eigenvalue weighted by Gasteiger charge is 2.20. The zero-order chi connectivity index (χ0) is 11.8. The first-order valence-electron chi connectivity index (χ1n) is 4.86. The number of amides is 1. The Kier molecular flexibility index (Phi) is 6.11. The Morgan fingerprint density at radius 3 is 2.47 bits per heavy atom. The van der Waals surface area contributed by atoms with Crippen molar-refractivity contribution in [1.82, 2.24) is 5.32 Å². The van der Waals surface area contributed by atoms with Crippen LogP contribution in [0.15, 0.2) is 0 Å². The van der Waals surface area contributed by atoms with Crippen LogP contribution >= 0.6 is 0 Å². The van der Waals surface area contributed by atoms with Crippen LogP contribution in [-0.2, 0) is 9.59 Å². The van der Waals surface area contributed by atoms with E-state index in [0.717, 1.165) is 0 Å². The van der Waals surface area contributed by atoms with Crippen molar-refractivity contribution in [3.63, 3.8) is 0 Å². The van der Waals surface area contributed by atoms with Gasteiger partial charge >= 0.3 is 5.97 Å². The molecular formula is C10H16N2O3. The third kappa shape index (κ3) is 6.49. The fourth-order valence-corrected chi connectivity index (χ4v) is 1.13. The molecular weight excluding hydrogens is 196 g/mol. The molecule has 0 heterocycles. The summed E-state index contributed by atoms with van der Waals surface area (Å²) in [7, 11) is 0. The molecule has 0 aliphatic rings. The molecule has 0 rings (SSSR count). The van der Waals surface area contributed by atoms with Crippen LogP contribution in [0.4, 0.5) is 0 Å². The molecule has 0 bridgehead atoms. The Bertz CT molecular complexity index is 268. The lowest BCUT2D eigenvalue weighted by molar-refractivity contribution is -0.142. The summed E-state index contributed by atoms with van der Waals surface area (Å²) >= 11 is 0. The first-order valence-corrected chi connectivity index (χ1v) is 4.86. The first-order chi connectivity index (χ1) is 6.97. The summed E-state index contributed by atoms with van der Waals surface area (Å²) < 4.78 is 0. The zero-order valence-corrected chi connectivity index (χ0v) is 8.99. The standard InChI is InChI=1S/C10H16N2O3/c1-7(2)6-8(10(14)15)12-9(13)4-3-5-11/h7-8H,3-4,6H2,1-2H3,(H,12,13)(H,14,15)/t8-/m0/s1. The van der Waals surface area contributed by atoms with Crippen LogP contribution in [0.5, 0.6) is 0 Å². The summed E-state index contributed by atoms with van der Waals surface area (Å²) in [5.74, 6) is -1.22. The van der Waals surface area contributed by atoms with Crippen LogP contribution in [-0.4, -0.2) is 23.0 Å². The molecule has 0 fully saturated rings. The van der Waals surface area contributed by atoms with Gasteiger partial charge in [-0.2, -0.15) is 5.26 Å². The number of carbonyl (C=O) groups excluding carboxylic acids is 1. The van der Waals surface area contributed by atoms with Gasteiger partial charge in [0.2, 0.25) is 5.91 Å². The number of nitrogens with zero attached hydrogens (tertiary/aromatic N) is 1. The molecule has 5 heteroatoms. The van der Waals surface area contributed by atoms with Crippen molar-refractivity contribution >= 4 is 11.9 Å². The average molecular weight is 212 g/mol. The van der Waals surface area contributed by atoms with Gasteiger partial charge < -0.3 is 10.4 Å². The molecule has 2 N–H and O–H groups in total. The van der Waals surface area contributed by atoms with E-state index in [1.165, 1.54) is 0 Å². The lowest BCUT2D eigenvalue weighted by atomic mass is 10.0. The molecule has 15 heavy (non-hydrogen) atoms. The Hall–Kier alpha value is -1.57. The Morgan fingerprint density at radius 1 is 1.47 bits per heavy atom. The van der Waals surface area contributed by atoms with E-state index in [9.17, 15) is 9.59 Å². The van der Waals surface area contributed by atoms with Crippen molar-refractivity contribution in [2.75, 3.05) is 0 Å². The smallest absolute Gasteiger partial charge is 0.326 e. The normalized spacial score (nSPS) is 11.9. The van der Waals surface area contributed by atoms with E-state index in [1.807, 2.05) is 19.9 Å². The average Bonchev–Trinajstić information content (AvgIpc) is 2.12. The molecule has 0 aliphatic carbocycles. The summed E-state index contributed by atoms with van der Waals surface area (Å²) in [4.78, 5) is 21.9. The largest absolute Gasteiger partial charge is 0.480 e. The summed E-state index contributed by atoms with van der Waals surface area (Å²) in [6.07, 6.45) is 0.561. The van der Waals surface area contributed by atoms with Crippen molar-refractivity contribution in [3.05, 3.63) is 0 Å². The second kappa shape index (κ2) is 6.82. The van der Waals surface area contributed by atoms with Crippen LogP contribution in [0.1, 0.15) is 33.1 Å².